The molecule has 4 nitrogen and oxygen atoms in total. The quantitative estimate of drug-likeness (QED) is 0.681. The number of hydrogen-bond donors (Lipinski definition) is 3. The van der Waals surface area contributed by atoms with Crippen LogP contribution in [0.1, 0.15) is 17.9 Å². The first-order valence-corrected chi connectivity index (χ1v) is 5.32. The summed E-state index contributed by atoms with van der Waals surface area (Å²) in [6.45, 7) is 0. The van der Waals surface area contributed by atoms with E-state index in [0.717, 1.165) is 5.56 Å². The summed E-state index contributed by atoms with van der Waals surface area (Å²) in [7, 11) is 0. The lowest BCUT2D eigenvalue weighted by molar-refractivity contribution is -0.145. The maximum Gasteiger partial charge on any atom is 0.310 e. The molecule has 1 aliphatic carbocycles. The molecule has 1 aromatic carbocycles. The number of carboxylic acid groups (broad SMARTS) is 1. The number of aliphatic hydroxyl groups is 1. The Morgan fingerprint density at radius 1 is 1.31 bits per heavy atom. The van der Waals surface area contributed by atoms with Gasteiger partial charge >= 0.3 is 5.97 Å². The Kier molecular flexibility index (Phi) is 2.94. The van der Waals surface area contributed by atoms with E-state index in [1.807, 2.05) is 30.3 Å². The largest absolute Gasteiger partial charge is 0.481 e. The number of carbonyl (C=O) groups is 1. The molecule has 86 valence electrons. The van der Waals surface area contributed by atoms with Crippen molar-refractivity contribution in [1.29, 1.82) is 0 Å². The Hall–Kier alpha value is -1.39. The maximum atomic E-state index is 11.0. The van der Waals surface area contributed by atoms with Crippen LogP contribution in [0.25, 0.3) is 0 Å². The van der Waals surface area contributed by atoms with E-state index in [1.54, 1.807) is 0 Å². The fourth-order valence-electron chi connectivity index (χ4n) is 2.46. The van der Waals surface area contributed by atoms with Gasteiger partial charge in [0.2, 0.25) is 0 Å². The number of hydrogen-bond acceptors (Lipinski definition) is 3. The van der Waals surface area contributed by atoms with Crippen molar-refractivity contribution >= 4 is 5.97 Å². The maximum absolute atomic E-state index is 11.0. The van der Waals surface area contributed by atoms with Crippen LogP contribution in [-0.4, -0.2) is 28.3 Å². The van der Waals surface area contributed by atoms with Crippen molar-refractivity contribution in [2.75, 3.05) is 0 Å². The molecule has 0 radical (unpaired) electrons. The van der Waals surface area contributed by atoms with E-state index in [1.165, 1.54) is 0 Å². The van der Waals surface area contributed by atoms with Crippen LogP contribution in [0.5, 0.6) is 0 Å². The van der Waals surface area contributed by atoms with Crippen molar-refractivity contribution in [2.45, 2.75) is 24.5 Å². The Balaban J connectivity index is 2.24. The topological polar surface area (TPSA) is 83.6 Å². The molecule has 0 unspecified atom stereocenters. The number of carboxylic acids is 1. The van der Waals surface area contributed by atoms with Crippen molar-refractivity contribution in [3.63, 3.8) is 0 Å². The zero-order chi connectivity index (χ0) is 11.7. The molecule has 1 aliphatic rings. The van der Waals surface area contributed by atoms with Crippen LogP contribution >= 0.6 is 0 Å². The molecule has 0 amide bonds. The van der Waals surface area contributed by atoms with Crippen LogP contribution in [0, 0.1) is 5.92 Å². The van der Waals surface area contributed by atoms with Crippen LogP contribution in [0.2, 0.25) is 0 Å². The average Bonchev–Trinajstić information content (AvgIpc) is 2.55. The molecule has 0 bridgehead atoms. The van der Waals surface area contributed by atoms with Gasteiger partial charge in [-0.2, -0.15) is 0 Å². The van der Waals surface area contributed by atoms with Gasteiger partial charge in [0, 0.05) is 12.0 Å². The van der Waals surface area contributed by atoms with Crippen molar-refractivity contribution < 1.29 is 15.0 Å². The second-order valence-electron chi connectivity index (χ2n) is 4.26. The fraction of sp³-hybridized carbons (Fsp3) is 0.417. The Morgan fingerprint density at radius 2 is 1.94 bits per heavy atom. The van der Waals surface area contributed by atoms with Gasteiger partial charge in [-0.3, -0.25) is 4.79 Å². The molecule has 16 heavy (non-hydrogen) atoms. The molecule has 2 rings (SSSR count). The van der Waals surface area contributed by atoms with Crippen molar-refractivity contribution in [3.05, 3.63) is 35.9 Å². The van der Waals surface area contributed by atoms with Gasteiger partial charge in [0.05, 0.1) is 12.0 Å². The predicted octanol–water partition coefficient (Wildman–Crippen LogP) is 0.563. The standard InChI is InChI=1S/C12H15NO3/c13-11-8(7-4-2-1-3-5-7)6-9(14)10(11)12(15)16/h1-5,8-11,14H,6,13H2,(H,15,16)/t8-,9-,10-,11-/m1/s1. The van der Waals surface area contributed by atoms with Crippen LogP contribution < -0.4 is 5.73 Å². The van der Waals surface area contributed by atoms with Crippen LogP contribution in [-0.2, 0) is 4.79 Å². The Bertz CT molecular complexity index is 379. The number of aliphatic hydroxyl groups excluding tert-OH is 1. The highest BCUT2D eigenvalue weighted by atomic mass is 16.4. The molecule has 1 fully saturated rings. The lowest BCUT2D eigenvalue weighted by Gasteiger charge is -2.18. The van der Waals surface area contributed by atoms with Gasteiger partial charge in [0.1, 0.15) is 0 Å². The van der Waals surface area contributed by atoms with Gasteiger partial charge in [-0.25, -0.2) is 0 Å². The van der Waals surface area contributed by atoms with Gasteiger partial charge in [0.15, 0.2) is 0 Å². The van der Waals surface area contributed by atoms with E-state index in [4.69, 9.17) is 10.8 Å². The monoisotopic (exact) mass is 221 g/mol. The number of aliphatic carboxylic acids is 1. The van der Waals surface area contributed by atoms with Crippen molar-refractivity contribution in [1.82, 2.24) is 0 Å². The van der Waals surface area contributed by atoms with E-state index < -0.39 is 24.0 Å². The van der Waals surface area contributed by atoms with Gasteiger partial charge in [0.25, 0.3) is 0 Å². The third-order valence-electron chi connectivity index (χ3n) is 3.30. The fourth-order valence-corrected chi connectivity index (χ4v) is 2.46. The third kappa shape index (κ3) is 1.81. The normalized spacial score (nSPS) is 33.9. The summed E-state index contributed by atoms with van der Waals surface area (Å²) in [4.78, 5) is 11.0. The summed E-state index contributed by atoms with van der Waals surface area (Å²) in [6.07, 6.45) is -0.431. The van der Waals surface area contributed by atoms with Gasteiger partial charge < -0.3 is 15.9 Å². The summed E-state index contributed by atoms with van der Waals surface area (Å²) >= 11 is 0. The molecule has 4 heteroatoms. The molecule has 0 aliphatic heterocycles. The minimum atomic E-state index is -1.02. The van der Waals surface area contributed by atoms with Crippen molar-refractivity contribution in [2.24, 2.45) is 11.7 Å². The highest BCUT2D eigenvalue weighted by Crippen LogP contribution is 2.37. The predicted molar refractivity (Wildman–Crippen MR) is 58.9 cm³/mol. The zero-order valence-corrected chi connectivity index (χ0v) is 8.78. The molecular weight excluding hydrogens is 206 g/mol. The molecule has 0 spiro atoms. The summed E-state index contributed by atoms with van der Waals surface area (Å²) < 4.78 is 0. The van der Waals surface area contributed by atoms with Gasteiger partial charge in [-0.1, -0.05) is 30.3 Å². The van der Waals surface area contributed by atoms with E-state index >= 15 is 0 Å². The smallest absolute Gasteiger partial charge is 0.310 e. The molecule has 4 N–H and O–H groups in total. The van der Waals surface area contributed by atoms with Crippen LogP contribution in [0.3, 0.4) is 0 Å². The summed E-state index contributed by atoms with van der Waals surface area (Å²) in [5, 5.41) is 18.7. The highest BCUT2D eigenvalue weighted by molar-refractivity contribution is 5.72. The zero-order valence-electron chi connectivity index (χ0n) is 8.78. The van der Waals surface area contributed by atoms with E-state index in [0.29, 0.717) is 6.42 Å². The molecule has 0 saturated heterocycles. The SMILES string of the molecule is N[C@H]1[C@H](C(=O)O)[C@H](O)C[C@@H]1c1ccccc1. The molecular formula is C12H15NO3. The lowest BCUT2D eigenvalue weighted by atomic mass is 9.92. The molecule has 1 aromatic rings. The van der Waals surface area contributed by atoms with Crippen molar-refractivity contribution in [3.8, 4) is 0 Å². The number of benzene rings is 1. The first-order valence-electron chi connectivity index (χ1n) is 5.32. The summed E-state index contributed by atoms with van der Waals surface area (Å²) in [6, 6.07) is 9.00. The second-order valence-corrected chi connectivity index (χ2v) is 4.26. The first kappa shape index (κ1) is 11.1. The second kappa shape index (κ2) is 4.23. The third-order valence-corrected chi connectivity index (χ3v) is 3.30. The Labute approximate surface area is 93.7 Å². The van der Waals surface area contributed by atoms with E-state index in [9.17, 15) is 9.90 Å². The molecule has 0 heterocycles. The average molecular weight is 221 g/mol. The Morgan fingerprint density at radius 3 is 2.44 bits per heavy atom. The number of rotatable bonds is 2. The molecule has 4 atom stereocenters. The van der Waals surface area contributed by atoms with Crippen LogP contribution in [0.15, 0.2) is 30.3 Å². The van der Waals surface area contributed by atoms with E-state index in [-0.39, 0.29) is 5.92 Å². The minimum absolute atomic E-state index is 0.0719. The summed E-state index contributed by atoms with van der Waals surface area (Å²) in [5.41, 5.74) is 6.90. The first-order chi connectivity index (χ1) is 7.61. The number of nitrogens with two attached hydrogens (primary N) is 1. The molecule has 1 saturated carbocycles. The minimum Gasteiger partial charge on any atom is -0.481 e. The lowest BCUT2D eigenvalue weighted by Crippen LogP contribution is -2.38. The highest BCUT2D eigenvalue weighted by Gasteiger charge is 2.45. The molecule has 0 aromatic heterocycles. The summed E-state index contributed by atoms with van der Waals surface area (Å²) in [5.74, 6) is -1.94. The van der Waals surface area contributed by atoms with E-state index in [2.05, 4.69) is 0 Å². The van der Waals surface area contributed by atoms with Gasteiger partial charge in [-0.05, 0) is 12.0 Å². The van der Waals surface area contributed by atoms with Gasteiger partial charge in [-0.15, -0.1) is 0 Å². The van der Waals surface area contributed by atoms with Crippen LogP contribution in [0.4, 0.5) is 0 Å².